The monoisotopic (exact) mass is 399 g/mol. The highest BCUT2D eigenvalue weighted by Gasteiger charge is 2.29. The molecule has 2 aromatic rings. The molecule has 2 aliphatic rings. The number of hydrogen-bond acceptors (Lipinski definition) is 6. The van der Waals surface area contributed by atoms with Crippen molar-refractivity contribution >= 4 is 39.9 Å². The van der Waals surface area contributed by atoms with Crippen molar-refractivity contribution in [3.05, 3.63) is 34.8 Å². The van der Waals surface area contributed by atoms with E-state index in [1.807, 2.05) is 0 Å². The molecule has 1 aromatic carbocycles. The molecule has 1 aromatic heterocycles. The maximum atomic E-state index is 12.4. The number of benzene rings is 1. The van der Waals surface area contributed by atoms with Crippen molar-refractivity contribution in [2.75, 3.05) is 10.6 Å². The first-order valence-corrected chi connectivity index (χ1v) is 10.3. The van der Waals surface area contributed by atoms with Crippen LogP contribution in [0.25, 0.3) is 0 Å². The molecule has 146 valence electrons. The highest BCUT2D eigenvalue weighted by molar-refractivity contribution is 7.15. The zero-order chi connectivity index (χ0) is 19.5. The molecule has 1 aliphatic carbocycles. The topological polar surface area (TPSA) is 113 Å². The van der Waals surface area contributed by atoms with Crippen LogP contribution < -0.4 is 16.0 Å². The van der Waals surface area contributed by atoms with E-state index < -0.39 is 17.9 Å². The lowest BCUT2D eigenvalue weighted by Gasteiger charge is -2.18. The molecule has 28 heavy (non-hydrogen) atoms. The number of para-hydroxylation sites is 1. The van der Waals surface area contributed by atoms with Gasteiger partial charge in [0.05, 0.1) is 17.7 Å². The van der Waals surface area contributed by atoms with Crippen LogP contribution in [-0.4, -0.2) is 34.0 Å². The van der Waals surface area contributed by atoms with Gasteiger partial charge in [-0.1, -0.05) is 42.7 Å². The number of nitrogens with one attached hydrogen (secondary N) is 3. The summed E-state index contributed by atoms with van der Waals surface area (Å²) in [4.78, 5) is 37.1. The Bertz CT molecular complexity index is 906. The Morgan fingerprint density at radius 3 is 2.75 bits per heavy atom. The highest BCUT2D eigenvalue weighted by atomic mass is 32.1. The smallest absolute Gasteiger partial charge is 0.254 e. The highest BCUT2D eigenvalue weighted by Crippen LogP contribution is 2.35. The molecular weight excluding hydrogens is 378 g/mol. The Balaban J connectivity index is 1.38. The van der Waals surface area contributed by atoms with Gasteiger partial charge in [0.2, 0.25) is 16.9 Å². The summed E-state index contributed by atoms with van der Waals surface area (Å²) in [5.74, 6) is -0.782. The maximum Gasteiger partial charge on any atom is 0.254 e. The Hall–Kier alpha value is -2.81. The fraction of sp³-hybridized carbons (Fsp3) is 0.421. The van der Waals surface area contributed by atoms with Crippen molar-refractivity contribution in [2.24, 2.45) is 0 Å². The van der Waals surface area contributed by atoms with E-state index in [1.165, 1.54) is 30.6 Å². The normalized spacial score (nSPS) is 19.9. The minimum atomic E-state index is -0.953. The van der Waals surface area contributed by atoms with Gasteiger partial charge in [0.25, 0.3) is 5.91 Å². The molecule has 1 atom stereocenters. The van der Waals surface area contributed by atoms with Crippen molar-refractivity contribution in [3.8, 4) is 0 Å². The predicted molar refractivity (Wildman–Crippen MR) is 105 cm³/mol. The van der Waals surface area contributed by atoms with E-state index in [4.69, 9.17) is 0 Å². The number of rotatable bonds is 4. The van der Waals surface area contributed by atoms with Gasteiger partial charge < -0.3 is 16.0 Å². The quantitative estimate of drug-likeness (QED) is 0.732. The standard InChI is InChI=1S/C19H21N5O3S/c25-15(22-19-24-23-18(28-19)11-6-2-1-3-7-11)10-14-17(27)20-13-9-5-4-8-12(13)16(26)21-14/h4-5,8-9,11,14H,1-3,6-7,10H2,(H,20,27)(H,21,26)(H,22,24,25)/t14-/m0/s1. The van der Waals surface area contributed by atoms with Crippen molar-refractivity contribution in [1.82, 2.24) is 15.5 Å². The van der Waals surface area contributed by atoms with Crippen LogP contribution in [0.5, 0.6) is 0 Å². The van der Waals surface area contributed by atoms with E-state index >= 15 is 0 Å². The van der Waals surface area contributed by atoms with Gasteiger partial charge in [-0.15, -0.1) is 10.2 Å². The van der Waals surface area contributed by atoms with Crippen LogP contribution in [-0.2, 0) is 9.59 Å². The zero-order valence-electron chi connectivity index (χ0n) is 15.2. The van der Waals surface area contributed by atoms with Crippen molar-refractivity contribution in [1.29, 1.82) is 0 Å². The van der Waals surface area contributed by atoms with E-state index in [2.05, 4.69) is 26.1 Å². The molecule has 2 heterocycles. The molecule has 8 nitrogen and oxygen atoms in total. The van der Waals surface area contributed by atoms with Crippen LogP contribution in [0.1, 0.15) is 59.8 Å². The van der Waals surface area contributed by atoms with Crippen LogP contribution in [0.2, 0.25) is 0 Å². The van der Waals surface area contributed by atoms with E-state index in [0.29, 0.717) is 22.3 Å². The number of amides is 3. The summed E-state index contributed by atoms with van der Waals surface area (Å²) < 4.78 is 0. The van der Waals surface area contributed by atoms with Crippen LogP contribution in [0.15, 0.2) is 24.3 Å². The van der Waals surface area contributed by atoms with Crippen LogP contribution in [0.3, 0.4) is 0 Å². The largest absolute Gasteiger partial charge is 0.340 e. The third-order valence-corrected chi connectivity index (χ3v) is 6.08. The number of carbonyl (C=O) groups is 3. The number of nitrogens with zero attached hydrogens (tertiary/aromatic N) is 2. The zero-order valence-corrected chi connectivity index (χ0v) is 16.1. The van der Waals surface area contributed by atoms with E-state index in [1.54, 1.807) is 24.3 Å². The number of carbonyl (C=O) groups excluding carboxylic acids is 3. The molecule has 3 N–H and O–H groups in total. The molecule has 1 fully saturated rings. The van der Waals surface area contributed by atoms with E-state index in [0.717, 1.165) is 17.8 Å². The third-order valence-electron chi connectivity index (χ3n) is 5.08. The minimum Gasteiger partial charge on any atom is -0.340 e. The van der Waals surface area contributed by atoms with E-state index in [9.17, 15) is 14.4 Å². The number of anilines is 2. The molecule has 0 spiro atoms. The van der Waals surface area contributed by atoms with Crippen LogP contribution in [0, 0.1) is 0 Å². The SMILES string of the molecule is O=C(C[C@@H]1NC(=O)c2ccccc2NC1=O)Nc1nnc(C2CCCCC2)s1. The average Bonchev–Trinajstić information content (AvgIpc) is 3.12. The molecule has 4 rings (SSSR count). The average molecular weight is 399 g/mol. The van der Waals surface area contributed by atoms with Gasteiger partial charge in [-0.25, -0.2) is 0 Å². The molecule has 0 bridgehead atoms. The Morgan fingerprint density at radius 1 is 1.14 bits per heavy atom. The Kier molecular flexibility index (Phi) is 5.34. The second kappa shape index (κ2) is 8.05. The van der Waals surface area contributed by atoms with Gasteiger partial charge in [-0.2, -0.15) is 0 Å². The first-order chi connectivity index (χ1) is 13.6. The summed E-state index contributed by atoms with van der Waals surface area (Å²) in [5, 5.41) is 17.7. The minimum absolute atomic E-state index is 0.177. The van der Waals surface area contributed by atoms with Gasteiger partial charge in [0, 0.05) is 5.92 Å². The van der Waals surface area contributed by atoms with Gasteiger partial charge in [-0.3, -0.25) is 14.4 Å². The Labute approximate surface area is 166 Å². The lowest BCUT2D eigenvalue weighted by molar-refractivity contribution is -0.122. The summed E-state index contributed by atoms with van der Waals surface area (Å²) in [7, 11) is 0. The van der Waals surface area contributed by atoms with E-state index in [-0.39, 0.29) is 12.3 Å². The summed E-state index contributed by atoms with van der Waals surface area (Å²) in [6.45, 7) is 0. The van der Waals surface area contributed by atoms with Crippen molar-refractivity contribution in [2.45, 2.75) is 50.5 Å². The number of hydrogen-bond donors (Lipinski definition) is 3. The van der Waals surface area contributed by atoms with Gasteiger partial charge in [-0.05, 0) is 25.0 Å². The van der Waals surface area contributed by atoms with Crippen LogP contribution in [0.4, 0.5) is 10.8 Å². The summed E-state index contributed by atoms with van der Waals surface area (Å²) in [6.07, 6.45) is 5.70. The maximum absolute atomic E-state index is 12.4. The first kappa shape index (κ1) is 18.5. The second-order valence-electron chi connectivity index (χ2n) is 7.09. The summed E-state index contributed by atoms with van der Waals surface area (Å²) in [5.41, 5.74) is 0.814. The summed E-state index contributed by atoms with van der Waals surface area (Å²) >= 11 is 1.38. The second-order valence-corrected chi connectivity index (χ2v) is 8.10. The molecular formula is C19H21N5O3S. The lowest BCUT2D eigenvalue weighted by atomic mass is 9.90. The molecule has 1 saturated carbocycles. The molecule has 9 heteroatoms. The molecule has 0 saturated heterocycles. The fourth-order valence-corrected chi connectivity index (χ4v) is 4.54. The van der Waals surface area contributed by atoms with Crippen molar-refractivity contribution in [3.63, 3.8) is 0 Å². The summed E-state index contributed by atoms with van der Waals surface area (Å²) in [6, 6.07) is 5.78. The number of fused-ring (bicyclic) bond motifs is 1. The molecule has 1 aliphatic heterocycles. The predicted octanol–water partition coefficient (Wildman–Crippen LogP) is 2.67. The number of aromatic nitrogens is 2. The van der Waals surface area contributed by atoms with Crippen LogP contribution >= 0.6 is 11.3 Å². The lowest BCUT2D eigenvalue weighted by Crippen LogP contribution is -2.43. The van der Waals surface area contributed by atoms with Gasteiger partial charge >= 0.3 is 0 Å². The van der Waals surface area contributed by atoms with Gasteiger partial charge in [0.1, 0.15) is 11.0 Å². The van der Waals surface area contributed by atoms with Crippen molar-refractivity contribution < 1.29 is 14.4 Å². The molecule has 0 unspecified atom stereocenters. The fourth-order valence-electron chi connectivity index (χ4n) is 3.61. The Morgan fingerprint density at radius 2 is 1.93 bits per heavy atom. The molecule has 3 amide bonds. The first-order valence-electron chi connectivity index (χ1n) is 9.44. The molecule has 0 radical (unpaired) electrons. The third kappa shape index (κ3) is 4.04. The van der Waals surface area contributed by atoms with Gasteiger partial charge in [0.15, 0.2) is 0 Å².